The van der Waals surface area contributed by atoms with Gasteiger partial charge in [-0.25, -0.2) is 14.8 Å². The number of aromatic nitrogens is 3. The van der Waals surface area contributed by atoms with Crippen molar-refractivity contribution in [3.05, 3.63) is 74.7 Å². The molecule has 1 saturated carbocycles. The van der Waals surface area contributed by atoms with Gasteiger partial charge in [0.15, 0.2) is 0 Å². The Morgan fingerprint density at radius 2 is 1.98 bits per heavy atom. The van der Waals surface area contributed by atoms with Crippen molar-refractivity contribution in [2.45, 2.75) is 38.8 Å². The topological polar surface area (TPSA) is 104 Å². The molecule has 4 heterocycles. The van der Waals surface area contributed by atoms with Crippen LogP contribution in [0.1, 0.15) is 46.6 Å². The lowest BCUT2D eigenvalue weighted by Crippen LogP contribution is -2.59. The van der Waals surface area contributed by atoms with E-state index < -0.39 is 5.97 Å². The fourth-order valence-electron chi connectivity index (χ4n) is 5.88. The number of hydrogen-bond acceptors (Lipinski definition) is 7. The van der Waals surface area contributed by atoms with Crippen molar-refractivity contribution in [1.82, 2.24) is 14.5 Å². The molecule has 0 bridgehead atoms. The molecule has 1 spiro atoms. The minimum atomic E-state index is -0.939. The number of nitrogens with zero attached hydrogens (tertiary/aromatic N) is 5. The minimum Gasteiger partial charge on any atom is -0.477 e. The number of anilines is 1. The summed E-state index contributed by atoms with van der Waals surface area (Å²) in [4.78, 5) is 24.5. The molecule has 1 N–H and O–H groups in total. The first-order chi connectivity index (χ1) is 19.8. The third kappa shape index (κ3) is 4.84. The molecule has 3 aliphatic rings. The number of thiophene rings is 1. The fraction of sp³-hybridized carbons (Fsp3) is 0.333. The number of pyridine rings is 1. The highest BCUT2D eigenvalue weighted by molar-refractivity contribution is 7.20. The zero-order valence-electron chi connectivity index (χ0n) is 21.9. The maximum absolute atomic E-state index is 11.6. The highest BCUT2D eigenvalue weighted by Crippen LogP contribution is 2.54. The number of halogens is 2. The van der Waals surface area contributed by atoms with Gasteiger partial charge in [0.2, 0.25) is 11.8 Å². The Kier molecular flexibility index (Phi) is 6.27. The summed E-state index contributed by atoms with van der Waals surface area (Å²) in [6.45, 7) is 2.66. The normalized spacial score (nSPS) is 18.0. The van der Waals surface area contributed by atoms with E-state index in [1.807, 2.05) is 24.3 Å². The first-order valence-corrected chi connectivity index (χ1v) is 14.9. The van der Waals surface area contributed by atoms with Gasteiger partial charge in [0, 0.05) is 58.6 Å². The average Bonchev–Trinajstić information content (AvgIpc) is 3.38. The van der Waals surface area contributed by atoms with Gasteiger partial charge in [0.1, 0.15) is 16.3 Å². The number of hydrogen-bond donors (Lipinski definition) is 1. The van der Waals surface area contributed by atoms with Gasteiger partial charge in [0.05, 0.1) is 17.3 Å². The number of ether oxygens (including phenoxy) is 1. The van der Waals surface area contributed by atoms with E-state index in [9.17, 15) is 15.2 Å². The molecule has 3 aromatic heterocycles. The minimum absolute atomic E-state index is 0.0355. The van der Waals surface area contributed by atoms with Crippen molar-refractivity contribution < 1.29 is 14.6 Å². The van der Waals surface area contributed by atoms with Crippen LogP contribution in [-0.2, 0) is 13.2 Å². The second-order valence-corrected chi connectivity index (χ2v) is 13.3. The molecular weight excluding hydrogens is 581 g/mol. The largest absolute Gasteiger partial charge is 0.477 e. The van der Waals surface area contributed by atoms with Gasteiger partial charge in [-0.3, -0.25) is 0 Å². The smallest absolute Gasteiger partial charge is 0.346 e. The number of benzene rings is 1. The van der Waals surface area contributed by atoms with Crippen molar-refractivity contribution in [3.8, 4) is 11.9 Å². The van der Waals surface area contributed by atoms with Crippen LogP contribution in [0.25, 0.3) is 15.9 Å². The van der Waals surface area contributed by atoms with Crippen molar-refractivity contribution in [3.63, 3.8) is 0 Å². The van der Waals surface area contributed by atoms with E-state index in [0.717, 1.165) is 59.9 Å². The maximum atomic E-state index is 11.6. The van der Waals surface area contributed by atoms with E-state index in [2.05, 4.69) is 21.6 Å². The molecule has 1 saturated heterocycles. The summed E-state index contributed by atoms with van der Waals surface area (Å²) in [5.41, 5.74) is 3.83. The van der Waals surface area contributed by atoms with Crippen molar-refractivity contribution in [2.75, 3.05) is 18.0 Å². The van der Waals surface area contributed by atoms with Crippen LogP contribution < -0.4 is 9.64 Å². The number of allylic oxidation sites excluding steroid dienone is 1. The van der Waals surface area contributed by atoms with Gasteiger partial charge >= 0.3 is 5.97 Å². The predicted octanol–water partition coefficient (Wildman–Crippen LogP) is 7.06. The molecule has 0 amide bonds. The Hall–Kier alpha value is -3.58. The maximum Gasteiger partial charge on any atom is 0.346 e. The van der Waals surface area contributed by atoms with Crippen LogP contribution in [0.4, 0.5) is 5.95 Å². The molecule has 8 nitrogen and oxygen atoms in total. The second-order valence-electron chi connectivity index (χ2n) is 11.4. The van der Waals surface area contributed by atoms with Crippen molar-refractivity contribution in [2.24, 2.45) is 10.8 Å². The number of carboxylic acids is 1. The standard InChI is InChI=1S/C30H25Cl2N5O3S/c31-20-5-4-18(21(32)10-20)14-40-25-3-1-2-22(34-25)19-12-30(13-19)15-36(16-30)28-35-26-23(11-24(41-26)27(38)39)37(28)17-29(6-7-29)8-9-33/h1-5,10-12H,6-8,13-17H2,(H,38,39). The van der Waals surface area contributed by atoms with Crippen molar-refractivity contribution in [1.29, 1.82) is 5.26 Å². The van der Waals surface area contributed by atoms with Crippen LogP contribution >= 0.6 is 34.5 Å². The number of carbonyl (C=O) groups is 1. The zero-order valence-corrected chi connectivity index (χ0v) is 24.3. The molecule has 7 rings (SSSR count). The molecule has 4 aromatic rings. The third-order valence-corrected chi connectivity index (χ3v) is 9.90. The number of imidazole rings is 1. The van der Waals surface area contributed by atoms with E-state index in [1.165, 1.54) is 16.9 Å². The van der Waals surface area contributed by atoms with Gasteiger partial charge < -0.3 is 19.3 Å². The molecule has 0 radical (unpaired) electrons. The summed E-state index contributed by atoms with van der Waals surface area (Å²) < 4.78 is 8.06. The lowest BCUT2D eigenvalue weighted by molar-refractivity contribution is 0.0702. The molecule has 41 heavy (non-hydrogen) atoms. The monoisotopic (exact) mass is 605 g/mol. The summed E-state index contributed by atoms with van der Waals surface area (Å²) in [7, 11) is 0. The molecular formula is C30H25Cl2N5O3S. The summed E-state index contributed by atoms with van der Waals surface area (Å²) >= 11 is 13.5. The SMILES string of the molecule is N#CCC1(Cn2c(N3CC4(C=C(c5cccc(OCc6ccc(Cl)cc6Cl)n5)C4)C3)nc3sc(C(=O)O)cc32)CC1. The Morgan fingerprint density at radius 1 is 1.17 bits per heavy atom. The lowest BCUT2D eigenvalue weighted by atomic mass is 9.65. The first-order valence-electron chi connectivity index (χ1n) is 13.4. The second kappa shape index (κ2) is 9.76. The molecule has 0 atom stereocenters. The third-order valence-electron chi connectivity index (χ3n) is 8.30. The van der Waals surface area contributed by atoms with Crippen molar-refractivity contribution >= 4 is 62.4 Å². The van der Waals surface area contributed by atoms with Crippen LogP contribution in [0.5, 0.6) is 5.88 Å². The molecule has 1 aliphatic heterocycles. The van der Waals surface area contributed by atoms with Crippen LogP contribution in [-0.4, -0.2) is 38.7 Å². The van der Waals surface area contributed by atoms with Gasteiger partial charge in [-0.15, -0.1) is 11.3 Å². The van der Waals surface area contributed by atoms with E-state index >= 15 is 0 Å². The quantitative estimate of drug-likeness (QED) is 0.217. The Balaban J connectivity index is 1.06. The Bertz CT molecular complexity index is 1780. The number of rotatable bonds is 9. The van der Waals surface area contributed by atoms with Crippen LogP contribution in [0.2, 0.25) is 10.0 Å². The fourth-order valence-corrected chi connectivity index (χ4v) is 7.22. The van der Waals surface area contributed by atoms with Crippen LogP contribution in [0, 0.1) is 22.2 Å². The molecule has 11 heteroatoms. The van der Waals surface area contributed by atoms with Crippen LogP contribution in [0.3, 0.4) is 0 Å². The molecule has 1 aromatic carbocycles. The van der Waals surface area contributed by atoms with E-state index in [1.54, 1.807) is 18.2 Å². The highest BCUT2D eigenvalue weighted by atomic mass is 35.5. The average molecular weight is 607 g/mol. The molecule has 208 valence electrons. The molecule has 2 aliphatic carbocycles. The van der Waals surface area contributed by atoms with Crippen LogP contribution in [0.15, 0.2) is 48.5 Å². The van der Waals surface area contributed by atoms with E-state index in [4.69, 9.17) is 37.9 Å². The molecule has 2 fully saturated rings. The van der Waals surface area contributed by atoms with Gasteiger partial charge in [-0.1, -0.05) is 41.4 Å². The Labute approximate surface area is 250 Å². The van der Waals surface area contributed by atoms with Gasteiger partial charge in [-0.05, 0) is 49.1 Å². The number of nitriles is 1. The lowest BCUT2D eigenvalue weighted by Gasteiger charge is -2.54. The highest BCUT2D eigenvalue weighted by Gasteiger charge is 2.50. The summed E-state index contributed by atoms with van der Waals surface area (Å²) in [6.07, 6.45) is 5.74. The zero-order chi connectivity index (χ0) is 28.4. The summed E-state index contributed by atoms with van der Waals surface area (Å²) in [5.74, 6) is 0.472. The summed E-state index contributed by atoms with van der Waals surface area (Å²) in [5, 5.41) is 20.0. The number of aromatic carboxylic acids is 1. The van der Waals surface area contributed by atoms with E-state index in [0.29, 0.717) is 35.5 Å². The predicted molar refractivity (Wildman–Crippen MR) is 159 cm³/mol. The number of fused-ring (bicyclic) bond motifs is 1. The van der Waals surface area contributed by atoms with Gasteiger partial charge in [0.25, 0.3) is 0 Å². The van der Waals surface area contributed by atoms with E-state index in [-0.39, 0.29) is 15.7 Å². The number of carboxylic acid groups (broad SMARTS) is 1. The Morgan fingerprint density at radius 3 is 2.68 bits per heavy atom. The summed E-state index contributed by atoms with van der Waals surface area (Å²) in [6, 6.07) is 15.2. The first kappa shape index (κ1) is 26.3. The van der Waals surface area contributed by atoms with Gasteiger partial charge in [-0.2, -0.15) is 5.26 Å². The molecule has 0 unspecified atom stereocenters.